The number of carboxylic acid groups (broad SMARTS) is 2. The van der Waals surface area contributed by atoms with Crippen LogP contribution in [-0.2, 0) is 9.59 Å². The highest BCUT2D eigenvalue weighted by molar-refractivity contribution is 8.00. The summed E-state index contributed by atoms with van der Waals surface area (Å²) in [6, 6.07) is 0. The van der Waals surface area contributed by atoms with Crippen LogP contribution in [0, 0.1) is 0 Å². The smallest absolute Gasteiger partial charge is 0.316 e. The fraction of sp³-hybridized carbons (Fsp3) is 0.714. The highest BCUT2D eigenvalue weighted by Crippen LogP contribution is 2.12. The molecule has 0 aromatic carbocycles. The molecule has 5 heteroatoms. The Morgan fingerprint density at radius 3 is 2.42 bits per heavy atom. The van der Waals surface area contributed by atoms with E-state index in [0.717, 1.165) is 0 Å². The van der Waals surface area contributed by atoms with Crippen molar-refractivity contribution in [3.05, 3.63) is 0 Å². The van der Waals surface area contributed by atoms with Crippen LogP contribution in [0.2, 0.25) is 0 Å². The molecular weight excluding hydrogens is 180 g/mol. The zero-order valence-corrected chi connectivity index (χ0v) is 7.63. The second-order valence-corrected chi connectivity index (χ2v) is 3.80. The Labute approximate surface area is 75.0 Å². The van der Waals surface area contributed by atoms with Crippen molar-refractivity contribution in [3.8, 4) is 0 Å². The summed E-state index contributed by atoms with van der Waals surface area (Å²) < 4.78 is 0. The number of hydrogen-bond acceptors (Lipinski definition) is 3. The average Bonchev–Trinajstić information content (AvgIpc) is 1.97. The third kappa shape index (κ3) is 6.03. The van der Waals surface area contributed by atoms with Gasteiger partial charge in [-0.25, -0.2) is 0 Å². The molecule has 0 saturated carbocycles. The normalized spacial score (nSPS) is 12.4. The lowest BCUT2D eigenvalue weighted by Gasteiger charge is -2.03. The molecule has 0 radical (unpaired) electrons. The van der Waals surface area contributed by atoms with Crippen LogP contribution in [0.5, 0.6) is 0 Å². The second-order valence-electron chi connectivity index (χ2n) is 2.35. The van der Waals surface area contributed by atoms with Gasteiger partial charge in [0, 0.05) is 6.42 Å². The second kappa shape index (κ2) is 5.88. The molecular formula is C7H12O4S. The van der Waals surface area contributed by atoms with Gasteiger partial charge in [-0.2, -0.15) is 0 Å². The number of carbonyl (C=O) groups is 2. The number of aliphatic carboxylic acids is 2. The van der Waals surface area contributed by atoms with Crippen molar-refractivity contribution in [2.45, 2.75) is 25.0 Å². The first kappa shape index (κ1) is 11.3. The standard InChI is InChI=1S/C7H12O4S/c1-5(7(10)11)12-4-2-3-6(8)9/h5H,2-4H2,1H3,(H,8,9)(H,10,11). The fourth-order valence-corrected chi connectivity index (χ4v) is 1.36. The molecule has 0 saturated heterocycles. The lowest BCUT2D eigenvalue weighted by Crippen LogP contribution is -2.12. The molecule has 0 rings (SSSR count). The van der Waals surface area contributed by atoms with E-state index >= 15 is 0 Å². The topological polar surface area (TPSA) is 74.6 Å². The van der Waals surface area contributed by atoms with Crippen molar-refractivity contribution in [1.29, 1.82) is 0 Å². The lowest BCUT2D eigenvalue weighted by molar-refractivity contribution is -0.137. The molecule has 1 unspecified atom stereocenters. The summed E-state index contributed by atoms with van der Waals surface area (Å²) in [5.74, 6) is -1.10. The first-order valence-corrected chi connectivity index (χ1v) is 4.65. The highest BCUT2D eigenvalue weighted by Gasteiger charge is 2.10. The van der Waals surface area contributed by atoms with E-state index in [1.165, 1.54) is 11.8 Å². The molecule has 0 aliphatic heterocycles. The Bertz CT molecular complexity index is 169. The summed E-state index contributed by atoms with van der Waals surface area (Å²) in [5, 5.41) is 16.3. The molecule has 0 aromatic heterocycles. The van der Waals surface area contributed by atoms with Crippen LogP contribution >= 0.6 is 11.8 Å². The molecule has 0 heterocycles. The first-order chi connectivity index (χ1) is 5.54. The number of carboxylic acids is 2. The highest BCUT2D eigenvalue weighted by atomic mass is 32.2. The van der Waals surface area contributed by atoms with E-state index < -0.39 is 17.2 Å². The lowest BCUT2D eigenvalue weighted by atomic mass is 10.3. The summed E-state index contributed by atoms with van der Waals surface area (Å²) in [5.41, 5.74) is 0. The van der Waals surface area contributed by atoms with Crippen molar-refractivity contribution < 1.29 is 19.8 Å². The number of hydrogen-bond donors (Lipinski definition) is 2. The predicted octanol–water partition coefficient (Wildman–Crippen LogP) is 1.06. The average molecular weight is 192 g/mol. The van der Waals surface area contributed by atoms with E-state index in [1.54, 1.807) is 6.92 Å². The van der Waals surface area contributed by atoms with Crippen molar-refractivity contribution in [3.63, 3.8) is 0 Å². The van der Waals surface area contributed by atoms with Crippen molar-refractivity contribution in [2.24, 2.45) is 0 Å². The third-order valence-electron chi connectivity index (χ3n) is 1.25. The van der Waals surface area contributed by atoms with E-state index in [1.807, 2.05) is 0 Å². The van der Waals surface area contributed by atoms with Gasteiger partial charge in [-0.05, 0) is 19.1 Å². The molecule has 0 aliphatic rings. The zero-order valence-electron chi connectivity index (χ0n) is 6.82. The Morgan fingerprint density at radius 1 is 1.42 bits per heavy atom. The third-order valence-corrected chi connectivity index (χ3v) is 2.48. The Morgan fingerprint density at radius 2 is 2.00 bits per heavy atom. The van der Waals surface area contributed by atoms with Gasteiger partial charge >= 0.3 is 11.9 Å². The Balaban J connectivity index is 3.31. The van der Waals surface area contributed by atoms with Crippen LogP contribution in [0.3, 0.4) is 0 Å². The van der Waals surface area contributed by atoms with Crippen molar-refractivity contribution in [1.82, 2.24) is 0 Å². The Hall–Kier alpha value is -0.710. The van der Waals surface area contributed by atoms with E-state index in [2.05, 4.69) is 0 Å². The van der Waals surface area contributed by atoms with E-state index in [0.29, 0.717) is 12.2 Å². The fourth-order valence-electron chi connectivity index (χ4n) is 0.555. The minimum absolute atomic E-state index is 0.110. The van der Waals surface area contributed by atoms with Gasteiger partial charge in [-0.3, -0.25) is 9.59 Å². The summed E-state index contributed by atoms with van der Waals surface area (Å²) in [7, 11) is 0. The quantitative estimate of drug-likeness (QED) is 0.615. The SMILES string of the molecule is CC(SCCCC(=O)O)C(=O)O. The van der Waals surface area contributed by atoms with Gasteiger partial charge in [0.15, 0.2) is 0 Å². The van der Waals surface area contributed by atoms with Crippen LogP contribution < -0.4 is 0 Å². The number of rotatable bonds is 6. The minimum atomic E-state index is -0.852. The maximum atomic E-state index is 10.3. The van der Waals surface area contributed by atoms with Crippen LogP contribution in [0.1, 0.15) is 19.8 Å². The molecule has 2 N–H and O–H groups in total. The summed E-state index contributed by atoms with van der Waals surface area (Å²) in [4.78, 5) is 20.3. The number of thioether (sulfide) groups is 1. The van der Waals surface area contributed by atoms with Crippen LogP contribution in [-0.4, -0.2) is 33.2 Å². The molecule has 70 valence electrons. The molecule has 0 amide bonds. The van der Waals surface area contributed by atoms with E-state index in [9.17, 15) is 9.59 Å². The summed E-state index contributed by atoms with van der Waals surface area (Å²) in [6.07, 6.45) is 0.636. The maximum Gasteiger partial charge on any atom is 0.316 e. The Kier molecular flexibility index (Phi) is 5.53. The summed E-state index contributed by atoms with van der Waals surface area (Å²) >= 11 is 1.26. The van der Waals surface area contributed by atoms with Crippen LogP contribution in [0.4, 0.5) is 0 Å². The maximum absolute atomic E-state index is 10.3. The van der Waals surface area contributed by atoms with E-state index in [4.69, 9.17) is 10.2 Å². The van der Waals surface area contributed by atoms with E-state index in [-0.39, 0.29) is 6.42 Å². The van der Waals surface area contributed by atoms with Gasteiger partial charge in [0.25, 0.3) is 0 Å². The summed E-state index contributed by atoms with van der Waals surface area (Å²) in [6.45, 7) is 1.59. The molecule has 1 atom stereocenters. The first-order valence-electron chi connectivity index (χ1n) is 3.60. The molecule has 0 bridgehead atoms. The van der Waals surface area contributed by atoms with Crippen LogP contribution in [0.25, 0.3) is 0 Å². The van der Waals surface area contributed by atoms with Gasteiger partial charge in [-0.1, -0.05) is 0 Å². The molecule has 0 spiro atoms. The van der Waals surface area contributed by atoms with Crippen molar-refractivity contribution in [2.75, 3.05) is 5.75 Å². The molecule has 4 nitrogen and oxygen atoms in total. The van der Waals surface area contributed by atoms with Gasteiger partial charge in [0.05, 0.1) is 5.25 Å². The van der Waals surface area contributed by atoms with Gasteiger partial charge < -0.3 is 10.2 Å². The molecule has 0 aromatic rings. The predicted molar refractivity (Wildman–Crippen MR) is 46.4 cm³/mol. The van der Waals surface area contributed by atoms with Crippen LogP contribution in [0.15, 0.2) is 0 Å². The van der Waals surface area contributed by atoms with Gasteiger partial charge in [0.1, 0.15) is 0 Å². The molecule has 12 heavy (non-hydrogen) atoms. The zero-order chi connectivity index (χ0) is 9.56. The molecule has 0 aliphatic carbocycles. The van der Waals surface area contributed by atoms with Gasteiger partial charge in [0.2, 0.25) is 0 Å². The van der Waals surface area contributed by atoms with Crippen molar-refractivity contribution >= 4 is 23.7 Å². The largest absolute Gasteiger partial charge is 0.481 e. The molecule has 0 fully saturated rings. The minimum Gasteiger partial charge on any atom is -0.481 e. The van der Waals surface area contributed by atoms with Gasteiger partial charge in [-0.15, -0.1) is 11.8 Å². The monoisotopic (exact) mass is 192 g/mol.